The van der Waals surface area contributed by atoms with Gasteiger partial charge in [-0.2, -0.15) is 0 Å². The highest BCUT2D eigenvalue weighted by molar-refractivity contribution is 7.89. The molecule has 0 bridgehead atoms. The Balaban J connectivity index is 2.05. The van der Waals surface area contributed by atoms with Crippen LogP contribution >= 0.6 is 0 Å². The third-order valence-electron chi connectivity index (χ3n) is 6.02. The molecule has 8 heteroatoms. The number of ether oxygens (including phenoxy) is 2. The molecule has 174 valence electrons. The Morgan fingerprint density at radius 1 is 1.19 bits per heavy atom. The van der Waals surface area contributed by atoms with Crippen LogP contribution in [-0.2, 0) is 19.6 Å². The van der Waals surface area contributed by atoms with Crippen molar-refractivity contribution >= 4 is 15.9 Å². The van der Waals surface area contributed by atoms with E-state index in [1.807, 2.05) is 6.92 Å². The molecule has 1 amide bonds. The predicted octanol–water partition coefficient (Wildman–Crippen LogP) is 2.98. The van der Waals surface area contributed by atoms with Gasteiger partial charge in [0.15, 0.2) is 0 Å². The summed E-state index contributed by atoms with van der Waals surface area (Å²) in [6.45, 7) is 7.68. The second kappa shape index (κ2) is 11.6. The van der Waals surface area contributed by atoms with Crippen LogP contribution in [0.5, 0.6) is 5.75 Å². The fourth-order valence-electron chi connectivity index (χ4n) is 4.14. The maximum absolute atomic E-state index is 12.7. The number of sulfonamides is 1. The van der Waals surface area contributed by atoms with Crippen LogP contribution in [0.3, 0.4) is 0 Å². The number of methoxy groups -OCH3 is 2. The second-order valence-electron chi connectivity index (χ2n) is 8.49. The molecule has 3 atom stereocenters. The van der Waals surface area contributed by atoms with Gasteiger partial charge in [-0.25, -0.2) is 13.1 Å². The van der Waals surface area contributed by atoms with Crippen LogP contribution < -0.4 is 14.8 Å². The molecule has 0 aromatic heterocycles. The molecule has 3 unspecified atom stereocenters. The van der Waals surface area contributed by atoms with E-state index in [9.17, 15) is 13.2 Å². The molecule has 0 heterocycles. The van der Waals surface area contributed by atoms with Crippen LogP contribution in [0.1, 0.15) is 33.6 Å². The Kier molecular flexibility index (Phi) is 9.53. The standard InChI is InChI=1S/C23H36N2O5S/c1-16(2)22-13-18(14-23(26)24-10-11-29-4)17(3)12-19(22)15-25-31(27,28)21-8-6-20(30-5)7-9-21/h6-9,12,16,18-19,22,25H,10-11,13-15H2,1-5H3,(H,24,26). The van der Waals surface area contributed by atoms with E-state index in [1.54, 1.807) is 38.5 Å². The Labute approximate surface area is 186 Å². The Hall–Kier alpha value is -1.90. The molecule has 0 spiro atoms. The lowest BCUT2D eigenvalue weighted by atomic mass is 9.70. The van der Waals surface area contributed by atoms with E-state index in [4.69, 9.17) is 9.47 Å². The average molecular weight is 453 g/mol. The highest BCUT2D eigenvalue weighted by Gasteiger charge is 2.33. The molecule has 0 fully saturated rings. The summed E-state index contributed by atoms with van der Waals surface area (Å²) in [5.41, 5.74) is 1.15. The summed E-state index contributed by atoms with van der Waals surface area (Å²) in [4.78, 5) is 12.5. The van der Waals surface area contributed by atoms with Gasteiger partial charge in [0.25, 0.3) is 0 Å². The summed E-state index contributed by atoms with van der Waals surface area (Å²) in [6, 6.07) is 6.36. The number of hydrogen-bond donors (Lipinski definition) is 2. The van der Waals surface area contributed by atoms with Crippen molar-refractivity contribution < 1.29 is 22.7 Å². The molecule has 1 aromatic carbocycles. The zero-order valence-corrected chi connectivity index (χ0v) is 20.0. The van der Waals surface area contributed by atoms with E-state index < -0.39 is 10.0 Å². The molecule has 2 rings (SSSR count). The van der Waals surface area contributed by atoms with Gasteiger partial charge in [-0.05, 0) is 61.3 Å². The van der Waals surface area contributed by atoms with Gasteiger partial charge in [-0.15, -0.1) is 0 Å². The van der Waals surface area contributed by atoms with Gasteiger partial charge < -0.3 is 14.8 Å². The average Bonchev–Trinajstić information content (AvgIpc) is 2.74. The van der Waals surface area contributed by atoms with Crippen molar-refractivity contribution in [1.82, 2.24) is 10.0 Å². The quantitative estimate of drug-likeness (QED) is 0.398. The fraction of sp³-hybridized carbons (Fsp3) is 0.609. The molecule has 0 aliphatic heterocycles. The van der Waals surface area contributed by atoms with Crippen molar-refractivity contribution in [3.05, 3.63) is 35.9 Å². The summed E-state index contributed by atoms with van der Waals surface area (Å²) in [5, 5.41) is 2.89. The number of benzene rings is 1. The molecule has 1 aliphatic carbocycles. The fourth-order valence-corrected chi connectivity index (χ4v) is 5.21. The summed E-state index contributed by atoms with van der Waals surface area (Å²) < 4.78 is 38.3. The third kappa shape index (κ3) is 7.33. The van der Waals surface area contributed by atoms with Gasteiger partial charge >= 0.3 is 0 Å². The maximum Gasteiger partial charge on any atom is 0.240 e. The number of allylic oxidation sites excluding steroid dienone is 1. The van der Waals surface area contributed by atoms with E-state index in [0.717, 1.165) is 12.0 Å². The minimum atomic E-state index is -3.61. The van der Waals surface area contributed by atoms with Crippen molar-refractivity contribution in [3.63, 3.8) is 0 Å². The zero-order chi connectivity index (χ0) is 23.0. The number of amides is 1. The molecular formula is C23H36N2O5S. The minimum absolute atomic E-state index is 0.0240. The maximum atomic E-state index is 12.7. The summed E-state index contributed by atoms with van der Waals surface area (Å²) >= 11 is 0. The lowest BCUT2D eigenvalue weighted by Gasteiger charge is -2.37. The molecular weight excluding hydrogens is 416 g/mol. The Morgan fingerprint density at radius 2 is 1.87 bits per heavy atom. The number of rotatable bonds is 11. The van der Waals surface area contributed by atoms with E-state index in [-0.39, 0.29) is 22.6 Å². The van der Waals surface area contributed by atoms with Crippen LogP contribution in [0.25, 0.3) is 0 Å². The second-order valence-corrected chi connectivity index (χ2v) is 10.3. The zero-order valence-electron chi connectivity index (χ0n) is 19.2. The first-order chi connectivity index (χ1) is 14.7. The topological polar surface area (TPSA) is 93.7 Å². The number of hydrogen-bond acceptors (Lipinski definition) is 5. The van der Waals surface area contributed by atoms with Crippen LogP contribution in [0, 0.1) is 23.7 Å². The van der Waals surface area contributed by atoms with Gasteiger partial charge in [0.1, 0.15) is 5.75 Å². The van der Waals surface area contributed by atoms with Gasteiger partial charge in [0.2, 0.25) is 15.9 Å². The van der Waals surface area contributed by atoms with Crippen molar-refractivity contribution in [1.29, 1.82) is 0 Å². The first-order valence-corrected chi connectivity index (χ1v) is 12.2. The van der Waals surface area contributed by atoms with Gasteiger partial charge in [0, 0.05) is 26.6 Å². The van der Waals surface area contributed by atoms with Crippen LogP contribution in [0.15, 0.2) is 40.8 Å². The Bertz CT molecular complexity index is 849. The van der Waals surface area contributed by atoms with Gasteiger partial charge in [-0.3, -0.25) is 4.79 Å². The van der Waals surface area contributed by atoms with Crippen molar-refractivity contribution in [2.75, 3.05) is 33.9 Å². The molecule has 1 aliphatic rings. The van der Waals surface area contributed by atoms with Crippen molar-refractivity contribution in [2.45, 2.75) is 38.5 Å². The van der Waals surface area contributed by atoms with Gasteiger partial charge in [-0.1, -0.05) is 25.5 Å². The largest absolute Gasteiger partial charge is 0.497 e. The smallest absolute Gasteiger partial charge is 0.240 e. The molecule has 1 aromatic rings. The lowest BCUT2D eigenvalue weighted by molar-refractivity contribution is -0.122. The van der Waals surface area contributed by atoms with E-state index >= 15 is 0 Å². The first kappa shape index (κ1) is 25.4. The molecule has 0 radical (unpaired) electrons. The van der Waals surface area contributed by atoms with E-state index in [1.165, 1.54) is 0 Å². The highest BCUT2D eigenvalue weighted by atomic mass is 32.2. The van der Waals surface area contributed by atoms with E-state index in [0.29, 0.717) is 43.7 Å². The van der Waals surface area contributed by atoms with Crippen LogP contribution in [-0.4, -0.2) is 48.2 Å². The van der Waals surface area contributed by atoms with E-state index in [2.05, 4.69) is 30.0 Å². The summed E-state index contributed by atoms with van der Waals surface area (Å²) in [5.74, 6) is 1.56. The lowest BCUT2D eigenvalue weighted by Crippen LogP contribution is -2.38. The first-order valence-electron chi connectivity index (χ1n) is 10.8. The number of carbonyl (C=O) groups is 1. The number of carbonyl (C=O) groups excluding carboxylic acids is 1. The molecule has 31 heavy (non-hydrogen) atoms. The highest BCUT2D eigenvalue weighted by Crippen LogP contribution is 2.38. The molecule has 0 saturated carbocycles. The van der Waals surface area contributed by atoms with Crippen LogP contribution in [0.4, 0.5) is 0 Å². The third-order valence-corrected chi connectivity index (χ3v) is 7.46. The van der Waals surface area contributed by atoms with Crippen molar-refractivity contribution in [3.8, 4) is 5.75 Å². The summed E-state index contributed by atoms with van der Waals surface area (Å²) in [7, 11) is -0.456. The Morgan fingerprint density at radius 3 is 2.45 bits per heavy atom. The molecule has 0 saturated heterocycles. The van der Waals surface area contributed by atoms with Gasteiger partial charge in [0.05, 0.1) is 18.6 Å². The number of nitrogens with one attached hydrogen (secondary N) is 2. The van der Waals surface area contributed by atoms with Crippen LogP contribution in [0.2, 0.25) is 0 Å². The molecule has 7 nitrogen and oxygen atoms in total. The predicted molar refractivity (Wildman–Crippen MR) is 121 cm³/mol. The molecule has 2 N–H and O–H groups in total. The monoisotopic (exact) mass is 452 g/mol. The summed E-state index contributed by atoms with van der Waals surface area (Å²) in [6.07, 6.45) is 3.46. The normalized spacial score (nSPS) is 21.6. The van der Waals surface area contributed by atoms with Crippen molar-refractivity contribution in [2.24, 2.45) is 23.7 Å². The SMILES string of the molecule is COCCNC(=O)CC1CC(C(C)C)C(CNS(=O)(=O)c2ccc(OC)cc2)C=C1C. The minimum Gasteiger partial charge on any atom is -0.497 e.